The predicted molar refractivity (Wildman–Crippen MR) is 144 cm³/mol. The number of ether oxygens (including phenoxy) is 1. The Labute approximate surface area is 220 Å². The first kappa shape index (κ1) is 25.4. The van der Waals surface area contributed by atoms with Crippen LogP contribution < -0.4 is 4.90 Å². The van der Waals surface area contributed by atoms with Gasteiger partial charge in [0.25, 0.3) is 0 Å². The molecule has 0 spiro atoms. The van der Waals surface area contributed by atoms with Gasteiger partial charge in [-0.05, 0) is 68.2 Å². The average molecular weight is 521 g/mol. The first-order valence-corrected chi connectivity index (χ1v) is 13.8. The highest BCUT2D eigenvalue weighted by atomic mass is 32.1. The number of carboxylic acids is 1. The molecule has 1 saturated carbocycles. The molecule has 1 amide bonds. The molecular formula is C28H32N4O4S. The number of carboxylic acid groups (broad SMARTS) is 1. The molecule has 1 saturated heterocycles. The lowest BCUT2D eigenvalue weighted by Crippen LogP contribution is -2.47. The zero-order chi connectivity index (χ0) is 25.8. The summed E-state index contributed by atoms with van der Waals surface area (Å²) in [4.78, 5) is 32.1. The molecule has 2 aliphatic rings. The normalized spacial score (nSPS) is 20.8. The van der Waals surface area contributed by atoms with Crippen molar-refractivity contribution in [1.82, 2.24) is 14.8 Å². The predicted octanol–water partition coefficient (Wildman–Crippen LogP) is 5.54. The summed E-state index contributed by atoms with van der Waals surface area (Å²) in [6.45, 7) is 3.32. The van der Waals surface area contributed by atoms with Gasteiger partial charge in [-0.1, -0.05) is 25.1 Å². The van der Waals surface area contributed by atoms with Crippen LogP contribution in [-0.2, 0) is 9.53 Å². The number of hydrogen-bond donors (Lipinski definition) is 1. The van der Waals surface area contributed by atoms with E-state index in [2.05, 4.69) is 11.9 Å². The van der Waals surface area contributed by atoms with E-state index in [-0.39, 0.29) is 29.2 Å². The van der Waals surface area contributed by atoms with Crippen LogP contribution in [0.4, 0.5) is 5.82 Å². The van der Waals surface area contributed by atoms with Crippen molar-refractivity contribution in [2.75, 3.05) is 18.1 Å². The van der Waals surface area contributed by atoms with E-state index in [9.17, 15) is 14.7 Å². The van der Waals surface area contributed by atoms with Crippen LogP contribution in [0.15, 0.2) is 41.4 Å². The fourth-order valence-corrected chi connectivity index (χ4v) is 5.68. The summed E-state index contributed by atoms with van der Waals surface area (Å²) < 4.78 is 7.11. The van der Waals surface area contributed by atoms with Gasteiger partial charge in [-0.25, -0.2) is 14.5 Å². The highest BCUT2D eigenvalue weighted by Gasteiger charge is 2.37. The quantitative estimate of drug-likeness (QED) is 0.440. The summed E-state index contributed by atoms with van der Waals surface area (Å²) in [5, 5.41) is 16.7. The van der Waals surface area contributed by atoms with Crippen molar-refractivity contribution in [2.24, 2.45) is 11.8 Å². The number of anilines is 1. The number of carbonyl (C=O) groups excluding carboxylic acids is 1. The highest BCUT2D eigenvalue weighted by molar-refractivity contribution is 7.07. The Morgan fingerprint density at radius 2 is 1.81 bits per heavy atom. The lowest BCUT2D eigenvalue weighted by molar-refractivity contribution is -0.124. The number of rotatable bonds is 7. The van der Waals surface area contributed by atoms with E-state index in [1.165, 1.54) is 6.20 Å². The minimum absolute atomic E-state index is 0.00549. The number of amides is 1. The monoisotopic (exact) mass is 520 g/mol. The molecule has 1 aliphatic carbocycles. The zero-order valence-electron chi connectivity index (χ0n) is 21.0. The number of benzene rings is 1. The van der Waals surface area contributed by atoms with Gasteiger partial charge in [0.05, 0.1) is 16.9 Å². The number of aromatic carboxylic acids is 1. The molecule has 0 radical (unpaired) electrons. The van der Waals surface area contributed by atoms with Crippen LogP contribution in [-0.4, -0.2) is 51.0 Å². The maximum absolute atomic E-state index is 13.9. The third kappa shape index (κ3) is 5.83. The van der Waals surface area contributed by atoms with Crippen LogP contribution in [0, 0.1) is 11.8 Å². The fraction of sp³-hybridized carbons (Fsp3) is 0.429. The highest BCUT2D eigenvalue weighted by Crippen LogP contribution is 2.34. The lowest BCUT2D eigenvalue weighted by Gasteiger charge is -2.37. The van der Waals surface area contributed by atoms with E-state index in [0.29, 0.717) is 32.0 Å². The Balaban J connectivity index is 1.45. The van der Waals surface area contributed by atoms with Crippen LogP contribution in [0.5, 0.6) is 0 Å². The molecule has 0 bridgehead atoms. The summed E-state index contributed by atoms with van der Waals surface area (Å²) in [5.74, 6) is -0.348. The van der Waals surface area contributed by atoms with Crippen molar-refractivity contribution in [1.29, 1.82) is 0 Å². The Morgan fingerprint density at radius 3 is 2.46 bits per heavy atom. The second kappa shape index (κ2) is 11.4. The van der Waals surface area contributed by atoms with Crippen molar-refractivity contribution in [2.45, 2.75) is 51.5 Å². The molecule has 3 heterocycles. The van der Waals surface area contributed by atoms with Crippen LogP contribution in [0.2, 0.25) is 0 Å². The van der Waals surface area contributed by atoms with Crippen LogP contribution >= 0.6 is 11.3 Å². The molecule has 3 aromatic rings. The summed E-state index contributed by atoms with van der Waals surface area (Å²) in [6.07, 6.45) is 10.5. The van der Waals surface area contributed by atoms with Crippen molar-refractivity contribution in [3.8, 4) is 5.69 Å². The van der Waals surface area contributed by atoms with Crippen LogP contribution in [0.1, 0.15) is 67.1 Å². The minimum atomic E-state index is -1.09. The van der Waals surface area contributed by atoms with Gasteiger partial charge < -0.3 is 9.84 Å². The summed E-state index contributed by atoms with van der Waals surface area (Å²) in [7, 11) is 0. The van der Waals surface area contributed by atoms with E-state index in [0.717, 1.165) is 42.6 Å². The number of hydrogen-bond acceptors (Lipinski definition) is 6. The average Bonchev–Trinajstić information content (AvgIpc) is 3.60. The third-order valence-electron chi connectivity index (χ3n) is 7.37. The lowest BCUT2D eigenvalue weighted by atomic mass is 9.82. The molecular weight excluding hydrogens is 488 g/mol. The van der Waals surface area contributed by atoms with Gasteiger partial charge in [-0.15, -0.1) is 16.4 Å². The molecule has 5 rings (SSSR count). The Kier molecular flexibility index (Phi) is 7.81. The van der Waals surface area contributed by atoms with Gasteiger partial charge in [0.1, 0.15) is 5.56 Å². The Hall–Kier alpha value is -3.30. The van der Waals surface area contributed by atoms with E-state index < -0.39 is 5.97 Å². The summed E-state index contributed by atoms with van der Waals surface area (Å²) in [6, 6.07) is 7.56. The maximum Gasteiger partial charge on any atom is 0.341 e. The van der Waals surface area contributed by atoms with E-state index >= 15 is 0 Å². The van der Waals surface area contributed by atoms with Crippen molar-refractivity contribution in [3.63, 3.8) is 0 Å². The molecule has 8 nitrogen and oxygen atoms in total. The topological polar surface area (TPSA) is 97.6 Å². The van der Waals surface area contributed by atoms with Crippen LogP contribution in [0.3, 0.4) is 0 Å². The number of aromatic nitrogens is 3. The van der Waals surface area contributed by atoms with Crippen molar-refractivity contribution < 1.29 is 19.4 Å². The largest absolute Gasteiger partial charge is 0.477 e. The molecule has 2 fully saturated rings. The van der Waals surface area contributed by atoms with Gasteiger partial charge in [-0.3, -0.25) is 9.69 Å². The smallest absolute Gasteiger partial charge is 0.341 e. The molecule has 0 atom stereocenters. The number of thiazole rings is 1. The zero-order valence-corrected chi connectivity index (χ0v) is 21.8. The number of nitrogens with zero attached hydrogens (tertiary/aromatic N) is 4. The van der Waals surface area contributed by atoms with E-state index in [4.69, 9.17) is 9.84 Å². The molecule has 9 heteroatoms. The fourth-order valence-electron chi connectivity index (χ4n) is 5.15. The standard InChI is InChI=1S/C28H32N4O4S/c1-19-2-7-21(8-3-19)27(33)32(24-12-14-36-15-13-24)26-25(28(34)35)16-31(30-26)23-10-5-20(6-11-23)4-9-22-17-37-18-29-22/h4-6,9-11,16-19,21,24H,2-3,7-8,12-15H2,1H3,(H,34,35)/b9-4+. The van der Waals surface area contributed by atoms with Gasteiger partial charge in [0.2, 0.25) is 5.91 Å². The maximum atomic E-state index is 13.9. The first-order valence-electron chi connectivity index (χ1n) is 12.9. The van der Waals surface area contributed by atoms with Crippen molar-refractivity contribution >= 4 is 41.2 Å². The third-order valence-corrected chi connectivity index (χ3v) is 7.97. The summed E-state index contributed by atoms with van der Waals surface area (Å²) >= 11 is 1.55. The molecule has 194 valence electrons. The SMILES string of the molecule is CC1CCC(C(=O)N(c2nn(-c3ccc(/C=C/c4cscn4)cc3)cc2C(=O)O)C2CCOCC2)CC1. The van der Waals surface area contributed by atoms with Gasteiger partial charge in [-0.2, -0.15) is 0 Å². The molecule has 0 unspecified atom stereocenters. The van der Waals surface area contributed by atoms with Gasteiger partial charge in [0.15, 0.2) is 5.82 Å². The second-order valence-electron chi connectivity index (χ2n) is 9.96. The van der Waals surface area contributed by atoms with E-state index in [1.807, 2.05) is 41.8 Å². The minimum Gasteiger partial charge on any atom is -0.477 e. The molecule has 1 aromatic carbocycles. The van der Waals surface area contributed by atoms with Gasteiger partial charge >= 0.3 is 5.97 Å². The molecule has 2 aromatic heterocycles. The van der Waals surface area contributed by atoms with Crippen molar-refractivity contribution in [3.05, 3.63) is 58.2 Å². The molecule has 1 aliphatic heterocycles. The molecule has 1 N–H and O–H groups in total. The van der Waals surface area contributed by atoms with Gasteiger partial charge in [0, 0.05) is 36.8 Å². The first-order chi connectivity index (χ1) is 18.0. The Bertz CT molecular complexity index is 1240. The second-order valence-corrected chi connectivity index (χ2v) is 10.7. The van der Waals surface area contributed by atoms with Crippen LogP contribution in [0.25, 0.3) is 17.8 Å². The Morgan fingerprint density at radius 1 is 1.08 bits per heavy atom. The molecule has 37 heavy (non-hydrogen) atoms. The number of carbonyl (C=O) groups is 2. The summed E-state index contributed by atoms with van der Waals surface area (Å²) in [5.41, 5.74) is 4.46. The van der Waals surface area contributed by atoms with E-state index in [1.54, 1.807) is 26.4 Å².